The first-order valence-corrected chi connectivity index (χ1v) is 5.22. The summed E-state index contributed by atoms with van der Waals surface area (Å²) in [5.74, 6) is 0.239. The number of nitrogens with zero attached hydrogens (tertiary/aromatic N) is 1. The molecule has 2 nitrogen and oxygen atoms in total. The summed E-state index contributed by atoms with van der Waals surface area (Å²) in [6, 6.07) is 0. The molecule has 0 fully saturated rings. The van der Waals surface area contributed by atoms with Gasteiger partial charge in [-0.25, -0.2) is 0 Å². The molecular weight excluding hydrogens is 325 g/mol. The van der Waals surface area contributed by atoms with Crippen LogP contribution in [0.3, 0.4) is 0 Å². The number of aliphatic imine (C=N–C) groups is 1. The van der Waals surface area contributed by atoms with E-state index in [1.54, 1.807) is 0 Å². The van der Waals surface area contributed by atoms with Gasteiger partial charge in [-0.15, -0.1) is 0 Å². The molecule has 0 saturated heterocycles. The molecule has 1 atom stereocenters. The Labute approximate surface area is 119 Å². The first-order chi connectivity index (χ1) is 5.99. The van der Waals surface area contributed by atoms with E-state index < -0.39 is 5.60 Å². The van der Waals surface area contributed by atoms with Crippen LogP contribution in [0.15, 0.2) is 4.99 Å². The third-order valence-electron chi connectivity index (χ3n) is 2.61. The van der Waals surface area contributed by atoms with Gasteiger partial charge in [0.2, 0.25) is 0 Å². The molecule has 0 aromatic carbocycles. The Hall–Kier alpha value is 0.903. The fourth-order valence-electron chi connectivity index (χ4n) is 1.64. The van der Waals surface area contributed by atoms with Crippen molar-refractivity contribution in [2.24, 2.45) is 10.9 Å². The summed E-state index contributed by atoms with van der Waals surface area (Å²) >= 11 is 0. The van der Waals surface area contributed by atoms with Crippen molar-refractivity contribution in [3.8, 4) is 0 Å². The van der Waals surface area contributed by atoms with E-state index in [1.807, 2.05) is 27.7 Å². The Kier molecular flexibility index (Phi) is 10.0. The SMILES string of the molecule is CCCC(O)(C(C)=NCC)C(C)C.[Dy]. The fourth-order valence-corrected chi connectivity index (χ4v) is 1.64. The van der Waals surface area contributed by atoms with Crippen molar-refractivity contribution in [2.45, 2.75) is 53.1 Å². The summed E-state index contributed by atoms with van der Waals surface area (Å²) in [6.07, 6.45) is 1.80. The van der Waals surface area contributed by atoms with Gasteiger partial charge < -0.3 is 5.11 Å². The van der Waals surface area contributed by atoms with Gasteiger partial charge in [0.15, 0.2) is 0 Å². The second-order valence-electron chi connectivity index (χ2n) is 3.89. The van der Waals surface area contributed by atoms with Gasteiger partial charge in [-0.1, -0.05) is 27.2 Å². The van der Waals surface area contributed by atoms with E-state index >= 15 is 0 Å². The Morgan fingerprint density at radius 3 is 2.14 bits per heavy atom. The van der Waals surface area contributed by atoms with Gasteiger partial charge in [-0.05, 0) is 26.2 Å². The van der Waals surface area contributed by atoms with E-state index in [4.69, 9.17) is 0 Å². The Morgan fingerprint density at radius 1 is 1.36 bits per heavy atom. The standard InChI is InChI=1S/C11H23NO.Dy/c1-6-8-11(13,9(3)4)10(5)12-7-2;/h9,13H,6-8H2,1-5H3;. The van der Waals surface area contributed by atoms with Crippen LogP contribution in [0.4, 0.5) is 0 Å². The van der Waals surface area contributed by atoms with Crippen molar-refractivity contribution in [2.75, 3.05) is 6.54 Å². The molecule has 0 radical (unpaired) electrons. The van der Waals surface area contributed by atoms with Crippen LogP contribution in [0.25, 0.3) is 0 Å². The van der Waals surface area contributed by atoms with Gasteiger partial charge >= 0.3 is 0 Å². The third-order valence-corrected chi connectivity index (χ3v) is 2.61. The maximum absolute atomic E-state index is 10.4. The zero-order chi connectivity index (χ0) is 10.5. The van der Waals surface area contributed by atoms with Crippen LogP contribution in [0.1, 0.15) is 47.5 Å². The fraction of sp³-hybridized carbons (Fsp3) is 0.909. The van der Waals surface area contributed by atoms with Gasteiger partial charge in [0.1, 0.15) is 5.60 Å². The minimum atomic E-state index is -0.690. The molecule has 0 aliphatic rings. The minimum Gasteiger partial charge on any atom is -0.384 e. The molecule has 0 aromatic rings. The van der Waals surface area contributed by atoms with Gasteiger partial charge in [0, 0.05) is 50.4 Å². The Balaban J connectivity index is 0. The maximum atomic E-state index is 10.4. The average Bonchev–Trinajstić information content (AvgIpc) is 2.04. The van der Waals surface area contributed by atoms with E-state index in [0.29, 0.717) is 0 Å². The number of hydrogen-bond donors (Lipinski definition) is 1. The van der Waals surface area contributed by atoms with Crippen LogP contribution in [0.5, 0.6) is 0 Å². The summed E-state index contributed by atoms with van der Waals surface area (Å²) in [5.41, 5.74) is 0.192. The summed E-state index contributed by atoms with van der Waals surface area (Å²) in [7, 11) is 0. The molecule has 0 heterocycles. The van der Waals surface area contributed by atoms with E-state index in [1.165, 1.54) is 0 Å². The number of hydrogen-bond acceptors (Lipinski definition) is 2. The topological polar surface area (TPSA) is 32.6 Å². The molecule has 88 valence electrons. The number of rotatable bonds is 5. The normalized spacial score (nSPS) is 16.4. The van der Waals surface area contributed by atoms with Crippen LogP contribution in [0, 0.1) is 44.1 Å². The molecule has 0 aliphatic heterocycles. The maximum Gasteiger partial charge on any atom is 0.104 e. The van der Waals surface area contributed by atoms with E-state index in [2.05, 4.69) is 11.9 Å². The smallest absolute Gasteiger partial charge is 0.104 e. The molecule has 3 heteroatoms. The van der Waals surface area contributed by atoms with Crippen LogP contribution in [-0.2, 0) is 0 Å². The van der Waals surface area contributed by atoms with E-state index in [-0.39, 0.29) is 44.1 Å². The van der Waals surface area contributed by atoms with Crippen LogP contribution >= 0.6 is 0 Å². The summed E-state index contributed by atoms with van der Waals surface area (Å²) in [5, 5.41) is 10.4. The minimum absolute atomic E-state index is 0. The quantitative estimate of drug-likeness (QED) is 0.762. The van der Waals surface area contributed by atoms with E-state index in [9.17, 15) is 5.11 Å². The second-order valence-corrected chi connectivity index (χ2v) is 3.89. The number of aliphatic hydroxyl groups is 1. The predicted octanol–water partition coefficient (Wildman–Crippen LogP) is 2.65. The van der Waals surface area contributed by atoms with Crippen molar-refractivity contribution >= 4 is 5.71 Å². The summed E-state index contributed by atoms with van der Waals surface area (Å²) in [6.45, 7) is 10.9. The monoisotopic (exact) mass is 349 g/mol. The van der Waals surface area contributed by atoms with E-state index in [0.717, 1.165) is 25.1 Å². The molecule has 0 rings (SSSR count). The van der Waals surface area contributed by atoms with Crippen molar-refractivity contribution in [3.05, 3.63) is 0 Å². The van der Waals surface area contributed by atoms with Crippen LogP contribution in [0.2, 0.25) is 0 Å². The van der Waals surface area contributed by atoms with Crippen molar-refractivity contribution in [1.82, 2.24) is 0 Å². The molecule has 0 bridgehead atoms. The van der Waals surface area contributed by atoms with Crippen molar-refractivity contribution in [3.63, 3.8) is 0 Å². The molecule has 0 saturated carbocycles. The average molecular weight is 348 g/mol. The van der Waals surface area contributed by atoms with Gasteiger partial charge in [0.05, 0.1) is 0 Å². The molecule has 14 heavy (non-hydrogen) atoms. The molecule has 1 unspecified atom stereocenters. The first-order valence-electron chi connectivity index (χ1n) is 5.22. The molecule has 0 aliphatic carbocycles. The van der Waals surface area contributed by atoms with Crippen molar-refractivity contribution in [1.29, 1.82) is 0 Å². The largest absolute Gasteiger partial charge is 0.384 e. The van der Waals surface area contributed by atoms with Crippen molar-refractivity contribution < 1.29 is 43.3 Å². The van der Waals surface area contributed by atoms with Crippen LogP contribution < -0.4 is 0 Å². The molecular formula is C11H23DyNO. The van der Waals surface area contributed by atoms with Gasteiger partial charge in [-0.3, -0.25) is 4.99 Å². The molecule has 0 spiro atoms. The summed E-state index contributed by atoms with van der Waals surface area (Å²) < 4.78 is 0. The van der Waals surface area contributed by atoms with Gasteiger partial charge in [-0.2, -0.15) is 0 Å². The Bertz CT molecular complexity index is 180. The predicted molar refractivity (Wildman–Crippen MR) is 58.3 cm³/mol. The Morgan fingerprint density at radius 2 is 1.86 bits per heavy atom. The molecule has 0 amide bonds. The first kappa shape index (κ1) is 17.3. The zero-order valence-electron chi connectivity index (χ0n) is 9.91. The summed E-state index contributed by atoms with van der Waals surface area (Å²) in [4.78, 5) is 4.30. The molecule has 0 aromatic heterocycles. The molecule has 1 N–H and O–H groups in total. The zero-order valence-corrected chi connectivity index (χ0v) is 11.9. The third kappa shape index (κ3) is 4.61. The second kappa shape index (κ2) is 8.10. The van der Waals surface area contributed by atoms with Gasteiger partial charge in [0.25, 0.3) is 0 Å². The van der Waals surface area contributed by atoms with Crippen LogP contribution in [-0.4, -0.2) is 23.0 Å².